The molecule has 0 aliphatic heterocycles. The van der Waals surface area contributed by atoms with Crippen LogP contribution in [0.2, 0.25) is 0 Å². The first kappa shape index (κ1) is 12.9. The Kier molecular flexibility index (Phi) is 3.48. The van der Waals surface area contributed by atoms with Gasteiger partial charge >= 0.3 is 5.97 Å². The van der Waals surface area contributed by atoms with Gasteiger partial charge in [-0.15, -0.1) is 0 Å². The van der Waals surface area contributed by atoms with Crippen molar-refractivity contribution in [1.82, 2.24) is 4.98 Å². The molecule has 5 heteroatoms. The highest BCUT2D eigenvalue weighted by Crippen LogP contribution is 2.44. The third kappa shape index (κ3) is 2.76. The van der Waals surface area contributed by atoms with Gasteiger partial charge in [0.15, 0.2) is 5.13 Å². The molecular weight excluding hydrogens is 260 g/mol. The van der Waals surface area contributed by atoms with Gasteiger partial charge in [-0.3, -0.25) is 0 Å². The number of hydrogen-bond donors (Lipinski definition) is 1. The van der Waals surface area contributed by atoms with Crippen molar-refractivity contribution in [2.75, 3.05) is 18.5 Å². The molecule has 1 heterocycles. The Hall–Kier alpha value is -1.10. The van der Waals surface area contributed by atoms with Crippen molar-refractivity contribution in [3.63, 3.8) is 0 Å². The lowest BCUT2D eigenvalue weighted by Crippen LogP contribution is -2.23. The summed E-state index contributed by atoms with van der Waals surface area (Å²) in [5.41, 5.74) is 0.825. The molecule has 0 aromatic carbocycles. The molecule has 0 amide bonds. The summed E-state index contributed by atoms with van der Waals surface area (Å²) in [5, 5.41) is 10.2. The molecule has 2 aliphatic carbocycles. The van der Waals surface area contributed by atoms with Gasteiger partial charge in [0.25, 0.3) is 0 Å². The molecule has 0 saturated heterocycles. The van der Waals surface area contributed by atoms with Crippen molar-refractivity contribution in [3.05, 3.63) is 10.6 Å². The second-order valence-corrected chi connectivity index (χ2v) is 6.80. The van der Waals surface area contributed by atoms with Crippen molar-refractivity contribution in [2.24, 2.45) is 5.92 Å². The molecule has 2 fully saturated rings. The van der Waals surface area contributed by atoms with E-state index in [1.54, 1.807) is 0 Å². The SMILES string of the molecule is CN(CC1CCCC1)c1nc(C2CC2)c(C(=O)O)s1. The summed E-state index contributed by atoms with van der Waals surface area (Å²) >= 11 is 1.34. The van der Waals surface area contributed by atoms with E-state index in [-0.39, 0.29) is 0 Å². The van der Waals surface area contributed by atoms with Gasteiger partial charge in [-0.25, -0.2) is 9.78 Å². The molecule has 4 nitrogen and oxygen atoms in total. The zero-order chi connectivity index (χ0) is 13.4. The van der Waals surface area contributed by atoms with E-state index >= 15 is 0 Å². The fraction of sp³-hybridized carbons (Fsp3) is 0.714. The molecule has 104 valence electrons. The van der Waals surface area contributed by atoms with Crippen LogP contribution in [0.25, 0.3) is 0 Å². The van der Waals surface area contributed by atoms with Gasteiger partial charge in [0, 0.05) is 19.5 Å². The molecule has 1 N–H and O–H groups in total. The quantitative estimate of drug-likeness (QED) is 0.898. The Balaban J connectivity index is 1.75. The summed E-state index contributed by atoms with van der Waals surface area (Å²) in [4.78, 5) is 18.5. The predicted molar refractivity (Wildman–Crippen MR) is 76.3 cm³/mol. The maximum absolute atomic E-state index is 11.3. The number of anilines is 1. The fourth-order valence-corrected chi connectivity index (χ4v) is 3.89. The Morgan fingerprint density at radius 3 is 2.63 bits per heavy atom. The van der Waals surface area contributed by atoms with Crippen LogP contribution in [0.15, 0.2) is 0 Å². The Labute approximate surface area is 117 Å². The van der Waals surface area contributed by atoms with Crippen molar-refractivity contribution in [3.8, 4) is 0 Å². The fourth-order valence-electron chi connectivity index (χ4n) is 2.93. The lowest BCUT2D eigenvalue weighted by molar-refractivity contribution is 0.0700. The number of aromatic nitrogens is 1. The minimum atomic E-state index is -0.820. The molecule has 0 atom stereocenters. The largest absolute Gasteiger partial charge is 0.477 e. The van der Waals surface area contributed by atoms with Crippen molar-refractivity contribution in [1.29, 1.82) is 0 Å². The summed E-state index contributed by atoms with van der Waals surface area (Å²) < 4.78 is 0. The molecule has 0 spiro atoms. The van der Waals surface area contributed by atoms with Crippen molar-refractivity contribution in [2.45, 2.75) is 44.4 Å². The first-order valence-electron chi connectivity index (χ1n) is 7.10. The Morgan fingerprint density at radius 2 is 2.05 bits per heavy atom. The number of hydrogen-bond acceptors (Lipinski definition) is 4. The Morgan fingerprint density at radius 1 is 1.37 bits per heavy atom. The molecule has 19 heavy (non-hydrogen) atoms. The lowest BCUT2D eigenvalue weighted by Gasteiger charge is -2.19. The van der Waals surface area contributed by atoms with E-state index in [1.165, 1.54) is 37.0 Å². The maximum Gasteiger partial charge on any atom is 0.347 e. The monoisotopic (exact) mass is 280 g/mol. The van der Waals surface area contributed by atoms with Crippen LogP contribution in [0.3, 0.4) is 0 Å². The van der Waals surface area contributed by atoms with Gasteiger partial charge < -0.3 is 10.0 Å². The van der Waals surface area contributed by atoms with Crippen LogP contribution in [0, 0.1) is 5.92 Å². The molecule has 2 saturated carbocycles. The van der Waals surface area contributed by atoms with Crippen molar-refractivity contribution >= 4 is 22.4 Å². The molecule has 0 unspecified atom stereocenters. The molecular formula is C14H20N2O2S. The number of rotatable bonds is 5. The lowest BCUT2D eigenvalue weighted by atomic mass is 10.1. The number of thiazole rings is 1. The number of aromatic carboxylic acids is 1. The normalized spacial score (nSPS) is 19.8. The second-order valence-electron chi connectivity index (χ2n) is 5.82. The first-order valence-corrected chi connectivity index (χ1v) is 7.92. The number of carboxylic acids is 1. The minimum absolute atomic E-state index is 0.399. The minimum Gasteiger partial charge on any atom is -0.477 e. The number of carboxylic acid groups (broad SMARTS) is 1. The van der Waals surface area contributed by atoms with Gasteiger partial charge in [0.1, 0.15) is 4.88 Å². The average Bonchev–Trinajstić information content (AvgIpc) is 2.92. The van der Waals surface area contributed by atoms with Crippen LogP contribution in [0.4, 0.5) is 5.13 Å². The summed E-state index contributed by atoms with van der Waals surface area (Å²) in [6, 6.07) is 0. The highest BCUT2D eigenvalue weighted by atomic mass is 32.1. The van der Waals surface area contributed by atoms with Gasteiger partial charge in [-0.2, -0.15) is 0 Å². The van der Waals surface area contributed by atoms with Crippen LogP contribution < -0.4 is 4.90 Å². The van der Waals surface area contributed by atoms with E-state index in [9.17, 15) is 9.90 Å². The zero-order valence-corrected chi connectivity index (χ0v) is 12.1. The van der Waals surface area contributed by atoms with Crippen molar-refractivity contribution < 1.29 is 9.90 Å². The van der Waals surface area contributed by atoms with Crippen LogP contribution in [0.5, 0.6) is 0 Å². The second kappa shape index (κ2) is 5.12. The van der Waals surface area contributed by atoms with E-state index in [1.807, 2.05) is 7.05 Å². The smallest absolute Gasteiger partial charge is 0.347 e. The van der Waals surface area contributed by atoms with E-state index in [0.717, 1.165) is 36.1 Å². The molecule has 1 aromatic heterocycles. The highest BCUT2D eigenvalue weighted by Gasteiger charge is 2.32. The summed E-state index contributed by atoms with van der Waals surface area (Å²) in [6.45, 7) is 1.01. The molecule has 1 aromatic rings. The average molecular weight is 280 g/mol. The van der Waals surface area contributed by atoms with E-state index in [0.29, 0.717) is 10.8 Å². The highest BCUT2D eigenvalue weighted by molar-refractivity contribution is 7.17. The summed E-state index contributed by atoms with van der Waals surface area (Å²) in [6.07, 6.45) is 7.47. The zero-order valence-electron chi connectivity index (χ0n) is 11.3. The molecule has 2 aliphatic rings. The standard InChI is InChI=1S/C14H20N2O2S/c1-16(8-9-4-2-3-5-9)14-15-11(10-6-7-10)12(19-14)13(17)18/h9-10H,2-8H2,1H3,(H,17,18). The third-order valence-electron chi connectivity index (χ3n) is 4.13. The third-order valence-corrected chi connectivity index (χ3v) is 5.31. The van der Waals surface area contributed by atoms with E-state index in [2.05, 4.69) is 9.88 Å². The van der Waals surface area contributed by atoms with Crippen LogP contribution in [-0.4, -0.2) is 29.7 Å². The number of nitrogens with zero attached hydrogens (tertiary/aromatic N) is 2. The molecule has 3 rings (SSSR count). The topological polar surface area (TPSA) is 53.4 Å². The molecule has 0 radical (unpaired) electrons. The maximum atomic E-state index is 11.3. The molecule has 0 bridgehead atoms. The van der Waals surface area contributed by atoms with Crippen LogP contribution >= 0.6 is 11.3 Å². The Bertz CT molecular complexity index is 476. The predicted octanol–water partition coefficient (Wildman–Crippen LogP) is 3.35. The van der Waals surface area contributed by atoms with Crippen LogP contribution in [0.1, 0.15) is 59.8 Å². The number of carbonyl (C=O) groups is 1. The van der Waals surface area contributed by atoms with Gasteiger partial charge in [-0.1, -0.05) is 24.2 Å². The van der Waals surface area contributed by atoms with Gasteiger partial charge in [0.2, 0.25) is 0 Å². The van der Waals surface area contributed by atoms with E-state index < -0.39 is 5.97 Å². The van der Waals surface area contributed by atoms with Gasteiger partial charge in [0.05, 0.1) is 5.69 Å². The van der Waals surface area contributed by atoms with Crippen LogP contribution in [-0.2, 0) is 0 Å². The first-order chi connectivity index (χ1) is 9.15. The summed E-state index contributed by atoms with van der Waals surface area (Å²) in [5.74, 6) is 0.336. The summed E-state index contributed by atoms with van der Waals surface area (Å²) in [7, 11) is 2.04. The van der Waals surface area contributed by atoms with Gasteiger partial charge in [-0.05, 0) is 31.6 Å². The van der Waals surface area contributed by atoms with E-state index in [4.69, 9.17) is 0 Å².